The fourth-order valence-electron chi connectivity index (χ4n) is 2.94. The third-order valence-electron chi connectivity index (χ3n) is 4.51. The van der Waals surface area contributed by atoms with Crippen LogP contribution in [-0.2, 0) is 0 Å². The molecule has 0 radical (unpaired) electrons. The lowest BCUT2D eigenvalue weighted by Crippen LogP contribution is -2.17. The zero-order chi connectivity index (χ0) is 22.1. The zero-order valence-electron chi connectivity index (χ0n) is 17.8. The lowest BCUT2D eigenvalue weighted by Gasteiger charge is -2.14. The minimum Gasteiger partial charge on any atom is -0.493 e. The van der Waals surface area contributed by atoms with Crippen LogP contribution in [0.4, 0.5) is 0 Å². The van der Waals surface area contributed by atoms with E-state index >= 15 is 0 Å². The van der Waals surface area contributed by atoms with Gasteiger partial charge in [-0.15, -0.1) is 0 Å². The molecule has 160 valence electrons. The van der Waals surface area contributed by atoms with Gasteiger partial charge in [-0.05, 0) is 60.9 Å². The Morgan fingerprint density at radius 3 is 2.42 bits per heavy atom. The normalized spacial score (nSPS) is 10.7. The molecule has 0 fully saturated rings. The maximum atomic E-state index is 12.0. The minimum absolute atomic E-state index is 0.311. The van der Waals surface area contributed by atoms with Crippen LogP contribution in [-0.4, -0.2) is 37.4 Å². The molecule has 0 atom stereocenters. The number of aromatic nitrogens is 1. The second-order valence-corrected chi connectivity index (χ2v) is 6.76. The second-order valence-electron chi connectivity index (χ2n) is 6.76. The Hall–Kier alpha value is -3.87. The average Bonchev–Trinajstić information content (AvgIpc) is 2.79. The molecule has 0 aliphatic rings. The van der Waals surface area contributed by atoms with E-state index in [1.807, 2.05) is 38.1 Å². The van der Waals surface area contributed by atoms with E-state index in [1.54, 1.807) is 43.8 Å². The van der Waals surface area contributed by atoms with Crippen molar-refractivity contribution in [2.24, 2.45) is 5.10 Å². The Balaban J connectivity index is 1.54. The first-order valence-electron chi connectivity index (χ1n) is 9.82. The van der Waals surface area contributed by atoms with Gasteiger partial charge in [0.15, 0.2) is 11.5 Å². The van der Waals surface area contributed by atoms with E-state index in [0.29, 0.717) is 30.3 Å². The summed E-state index contributed by atoms with van der Waals surface area (Å²) in [6, 6.07) is 14.7. The zero-order valence-corrected chi connectivity index (χ0v) is 17.8. The predicted molar refractivity (Wildman–Crippen MR) is 119 cm³/mol. The van der Waals surface area contributed by atoms with Crippen LogP contribution in [0.1, 0.15) is 27.0 Å². The number of hydrogen-bond donors (Lipinski definition) is 1. The van der Waals surface area contributed by atoms with Gasteiger partial charge in [0.05, 0.1) is 13.3 Å². The number of hydrazone groups is 1. The summed E-state index contributed by atoms with van der Waals surface area (Å²) < 4.78 is 17.1. The van der Waals surface area contributed by atoms with E-state index in [4.69, 9.17) is 14.2 Å². The van der Waals surface area contributed by atoms with E-state index in [1.165, 1.54) is 6.21 Å². The molecule has 1 N–H and O–H groups in total. The Kier molecular flexibility index (Phi) is 7.59. The number of carbonyl (C=O) groups is 1. The highest BCUT2D eigenvalue weighted by atomic mass is 16.5. The number of nitrogens with zero attached hydrogens (tertiary/aromatic N) is 2. The van der Waals surface area contributed by atoms with Crippen LogP contribution in [0.25, 0.3) is 0 Å². The van der Waals surface area contributed by atoms with Gasteiger partial charge in [0.1, 0.15) is 19.0 Å². The number of benzene rings is 2. The Morgan fingerprint density at radius 1 is 1.00 bits per heavy atom. The van der Waals surface area contributed by atoms with Crippen molar-refractivity contribution < 1.29 is 19.0 Å². The van der Waals surface area contributed by atoms with Crippen LogP contribution in [0.5, 0.6) is 17.2 Å². The molecule has 0 unspecified atom stereocenters. The maximum Gasteiger partial charge on any atom is 0.271 e. The molecule has 3 rings (SSSR count). The van der Waals surface area contributed by atoms with Crippen LogP contribution in [0.3, 0.4) is 0 Å². The number of rotatable bonds is 9. The third-order valence-corrected chi connectivity index (χ3v) is 4.51. The molecule has 1 aromatic heterocycles. The van der Waals surface area contributed by atoms with Crippen molar-refractivity contribution in [3.05, 3.63) is 83.2 Å². The van der Waals surface area contributed by atoms with Gasteiger partial charge in [0.2, 0.25) is 0 Å². The minimum atomic E-state index is -0.311. The smallest absolute Gasteiger partial charge is 0.271 e. The van der Waals surface area contributed by atoms with Gasteiger partial charge in [-0.3, -0.25) is 9.78 Å². The second kappa shape index (κ2) is 10.8. The summed E-state index contributed by atoms with van der Waals surface area (Å²) in [5.41, 5.74) is 5.91. The molecule has 0 aliphatic carbocycles. The molecule has 0 saturated heterocycles. The Morgan fingerprint density at radius 2 is 1.71 bits per heavy atom. The Bertz CT molecular complexity index is 1030. The SMILES string of the molecule is COc1cc(/C=N/NC(=O)c2ccncc2)ccc1OCCOc1c(C)cccc1C. The van der Waals surface area contributed by atoms with E-state index in [-0.39, 0.29) is 5.91 Å². The molecule has 7 heteroatoms. The van der Waals surface area contributed by atoms with Gasteiger partial charge in [-0.2, -0.15) is 5.10 Å². The van der Waals surface area contributed by atoms with Crippen LogP contribution < -0.4 is 19.6 Å². The van der Waals surface area contributed by atoms with Crippen LogP contribution >= 0.6 is 0 Å². The predicted octanol–water partition coefficient (Wildman–Crippen LogP) is 3.93. The van der Waals surface area contributed by atoms with Crippen LogP contribution in [0, 0.1) is 13.8 Å². The standard InChI is InChI=1S/C24H25N3O4/c1-17-5-4-6-18(2)23(17)31-14-13-30-21-8-7-19(15-22(21)29-3)16-26-27-24(28)20-9-11-25-12-10-20/h4-12,15-16H,13-14H2,1-3H3,(H,27,28)/b26-16+. The molecule has 31 heavy (non-hydrogen) atoms. The molecule has 1 amide bonds. The first kappa shape index (κ1) is 21.8. The van der Waals surface area contributed by atoms with Crippen molar-refractivity contribution in [3.8, 4) is 17.2 Å². The lowest BCUT2D eigenvalue weighted by atomic mass is 10.1. The topological polar surface area (TPSA) is 82.0 Å². The van der Waals surface area contributed by atoms with E-state index in [2.05, 4.69) is 15.5 Å². The number of ether oxygens (including phenoxy) is 3. The van der Waals surface area contributed by atoms with Gasteiger partial charge in [-0.25, -0.2) is 5.43 Å². The number of nitrogens with one attached hydrogen (secondary N) is 1. The highest BCUT2D eigenvalue weighted by Gasteiger charge is 2.07. The molecule has 0 saturated carbocycles. The number of pyridine rings is 1. The lowest BCUT2D eigenvalue weighted by molar-refractivity contribution is 0.0955. The van der Waals surface area contributed by atoms with Crippen LogP contribution in [0.2, 0.25) is 0 Å². The van der Waals surface area contributed by atoms with Crippen LogP contribution in [0.15, 0.2) is 66.0 Å². The van der Waals surface area contributed by atoms with E-state index in [0.717, 1.165) is 22.4 Å². The molecule has 2 aromatic carbocycles. The number of amides is 1. The monoisotopic (exact) mass is 419 g/mol. The first-order valence-corrected chi connectivity index (χ1v) is 9.82. The third kappa shape index (κ3) is 6.05. The molecule has 0 spiro atoms. The molecule has 1 heterocycles. The molecule has 0 bridgehead atoms. The number of aryl methyl sites for hydroxylation is 2. The van der Waals surface area contributed by atoms with Crippen molar-refractivity contribution in [2.45, 2.75) is 13.8 Å². The first-order chi connectivity index (χ1) is 15.1. The van der Waals surface area contributed by atoms with Crippen molar-refractivity contribution in [3.63, 3.8) is 0 Å². The fourth-order valence-corrected chi connectivity index (χ4v) is 2.94. The highest BCUT2D eigenvalue weighted by molar-refractivity contribution is 5.94. The van der Waals surface area contributed by atoms with Crippen molar-refractivity contribution in [1.82, 2.24) is 10.4 Å². The summed E-state index contributed by atoms with van der Waals surface area (Å²) in [5.74, 6) is 1.75. The van der Waals surface area contributed by atoms with Crippen molar-refractivity contribution >= 4 is 12.1 Å². The summed E-state index contributed by atoms with van der Waals surface area (Å²) in [4.78, 5) is 15.9. The molecular formula is C24H25N3O4. The van der Waals surface area contributed by atoms with E-state index in [9.17, 15) is 4.79 Å². The molecule has 3 aromatic rings. The van der Waals surface area contributed by atoms with Gasteiger partial charge in [0, 0.05) is 18.0 Å². The fraction of sp³-hybridized carbons (Fsp3) is 0.208. The summed E-state index contributed by atoms with van der Waals surface area (Å²) in [7, 11) is 1.57. The number of hydrogen-bond acceptors (Lipinski definition) is 6. The number of methoxy groups -OCH3 is 1. The number of para-hydroxylation sites is 1. The van der Waals surface area contributed by atoms with Crippen molar-refractivity contribution in [1.29, 1.82) is 0 Å². The molecule has 7 nitrogen and oxygen atoms in total. The largest absolute Gasteiger partial charge is 0.493 e. The summed E-state index contributed by atoms with van der Waals surface area (Å²) in [6.07, 6.45) is 4.64. The summed E-state index contributed by atoms with van der Waals surface area (Å²) in [6.45, 7) is 4.83. The van der Waals surface area contributed by atoms with Gasteiger partial charge in [0.25, 0.3) is 5.91 Å². The summed E-state index contributed by atoms with van der Waals surface area (Å²) in [5, 5.41) is 3.99. The molecule has 0 aliphatic heterocycles. The van der Waals surface area contributed by atoms with Crippen molar-refractivity contribution in [2.75, 3.05) is 20.3 Å². The number of carbonyl (C=O) groups excluding carboxylic acids is 1. The molecular weight excluding hydrogens is 394 g/mol. The highest BCUT2D eigenvalue weighted by Crippen LogP contribution is 2.28. The van der Waals surface area contributed by atoms with Gasteiger partial charge < -0.3 is 14.2 Å². The quantitative estimate of drug-likeness (QED) is 0.323. The van der Waals surface area contributed by atoms with E-state index < -0.39 is 0 Å². The average molecular weight is 419 g/mol. The van der Waals surface area contributed by atoms with Gasteiger partial charge >= 0.3 is 0 Å². The maximum absolute atomic E-state index is 12.0. The summed E-state index contributed by atoms with van der Waals surface area (Å²) >= 11 is 0. The Labute approximate surface area is 181 Å². The van der Waals surface area contributed by atoms with Gasteiger partial charge in [-0.1, -0.05) is 18.2 Å².